The number of carboxylic acids is 1. The summed E-state index contributed by atoms with van der Waals surface area (Å²) in [5, 5.41) is 23.7. The van der Waals surface area contributed by atoms with E-state index in [1.165, 1.54) is 6.07 Å². The second-order valence-electron chi connectivity index (χ2n) is 5.07. The first-order chi connectivity index (χ1) is 9.44. The van der Waals surface area contributed by atoms with Crippen LogP contribution in [0.2, 0.25) is 0 Å². The molecule has 1 aromatic carbocycles. The topological polar surface area (TPSA) is 92.5 Å². The van der Waals surface area contributed by atoms with Gasteiger partial charge in [0.1, 0.15) is 0 Å². The molecule has 6 nitrogen and oxygen atoms in total. The zero-order valence-corrected chi connectivity index (χ0v) is 12.4. The minimum absolute atomic E-state index is 0.0365. The fourth-order valence-electron chi connectivity index (χ4n) is 2.60. The highest BCUT2D eigenvalue weighted by Crippen LogP contribution is 2.35. The van der Waals surface area contributed by atoms with Crippen molar-refractivity contribution in [2.75, 3.05) is 13.1 Å². The first-order valence-electron chi connectivity index (χ1n) is 6.31. The quantitative estimate of drug-likeness (QED) is 0.647. The molecule has 1 aromatic rings. The lowest BCUT2D eigenvalue weighted by Crippen LogP contribution is -2.47. The van der Waals surface area contributed by atoms with Gasteiger partial charge < -0.3 is 10.4 Å². The maximum absolute atomic E-state index is 11.6. The van der Waals surface area contributed by atoms with Crippen LogP contribution in [0.1, 0.15) is 18.4 Å². The first-order valence-corrected chi connectivity index (χ1v) is 7.11. The summed E-state index contributed by atoms with van der Waals surface area (Å²) in [4.78, 5) is 22.3. The number of halogens is 1. The molecule has 1 aliphatic rings. The number of hydrogen-bond donors (Lipinski definition) is 2. The second kappa shape index (κ2) is 5.88. The predicted octanol–water partition coefficient (Wildman–Crippen LogP) is 2.35. The highest BCUT2D eigenvalue weighted by atomic mass is 79.9. The Bertz CT molecular complexity index is 541. The van der Waals surface area contributed by atoms with E-state index in [4.69, 9.17) is 0 Å². The SMILES string of the molecule is O=C(O)C1(Cc2ccc(Br)cc2[N+](=O)[O-])CCCNC1. The number of piperidine rings is 1. The summed E-state index contributed by atoms with van der Waals surface area (Å²) >= 11 is 3.20. The Morgan fingerprint density at radius 2 is 2.30 bits per heavy atom. The molecule has 1 atom stereocenters. The van der Waals surface area contributed by atoms with Gasteiger partial charge in [-0.15, -0.1) is 0 Å². The van der Waals surface area contributed by atoms with Gasteiger partial charge in [0.25, 0.3) is 5.69 Å². The largest absolute Gasteiger partial charge is 0.481 e. The van der Waals surface area contributed by atoms with E-state index in [9.17, 15) is 20.0 Å². The van der Waals surface area contributed by atoms with Crippen molar-refractivity contribution >= 4 is 27.6 Å². The summed E-state index contributed by atoms with van der Waals surface area (Å²) in [5.41, 5.74) is -0.536. The lowest BCUT2D eigenvalue weighted by atomic mass is 9.75. The standard InChI is InChI=1S/C13H15BrN2O4/c14-10-3-2-9(11(6-10)16(19)20)7-13(12(17)18)4-1-5-15-8-13/h2-3,6,15H,1,4-5,7-8H2,(H,17,18). The fraction of sp³-hybridized carbons (Fsp3) is 0.462. The molecule has 0 radical (unpaired) electrons. The summed E-state index contributed by atoms with van der Waals surface area (Å²) in [7, 11) is 0. The summed E-state index contributed by atoms with van der Waals surface area (Å²) in [6.07, 6.45) is 1.46. The van der Waals surface area contributed by atoms with Crippen molar-refractivity contribution in [2.24, 2.45) is 5.41 Å². The Labute approximate surface area is 124 Å². The average Bonchev–Trinajstić information content (AvgIpc) is 2.41. The van der Waals surface area contributed by atoms with E-state index in [1.807, 2.05) is 0 Å². The van der Waals surface area contributed by atoms with E-state index in [0.717, 1.165) is 13.0 Å². The van der Waals surface area contributed by atoms with Crippen LogP contribution in [0.5, 0.6) is 0 Å². The highest BCUT2D eigenvalue weighted by molar-refractivity contribution is 9.10. The van der Waals surface area contributed by atoms with Gasteiger partial charge in [0.05, 0.1) is 10.3 Å². The molecule has 2 rings (SSSR count). The molecule has 0 aromatic heterocycles. The van der Waals surface area contributed by atoms with Gasteiger partial charge in [0.15, 0.2) is 0 Å². The average molecular weight is 343 g/mol. The van der Waals surface area contributed by atoms with Gasteiger partial charge in [-0.25, -0.2) is 0 Å². The van der Waals surface area contributed by atoms with E-state index in [-0.39, 0.29) is 12.1 Å². The zero-order chi connectivity index (χ0) is 14.8. The minimum Gasteiger partial charge on any atom is -0.481 e. The summed E-state index contributed by atoms with van der Waals surface area (Å²) in [6, 6.07) is 4.75. The van der Waals surface area contributed by atoms with Crippen molar-refractivity contribution < 1.29 is 14.8 Å². The third kappa shape index (κ3) is 2.99. The van der Waals surface area contributed by atoms with E-state index in [2.05, 4.69) is 21.2 Å². The smallest absolute Gasteiger partial charge is 0.311 e. The summed E-state index contributed by atoms with van der Waals surface area (Å²) in [5.74, 6) is -0.901. The summed E-state index contributed by atoms with van der Waals surface area (Å²) in [6.45, 7) is 1.13. The van der Waals surface area contributed by atoms with Gasteiger partial charge >= 0.3 is 5.97 Å². The molecule has 2 N–H and O–H groups in total. The normalized spacial score (nSPS) is 22.4. The van der Waals surface area contributed by atoms with E-state index in [1.54, 1.807) is 12.1 Å². The first kappa shape index (κ1) is 14.9. The number of nitro groups is 1. The Balaban J connectivity index is 2.36. The van der Waals surface area contributed by atoms with Crippen LogP contribution in [0, 0.1) is 15.5 Å². The van der Waals surface area contributed by atoms with Crippen LogP contribution in [0.15, 0.2) is 22.7 Å². The summed E-state index contributed by atoms with van der Waals surface area (Å²) < 4.78 is 0.610. The molecule has 0 saturated carbocycles. The van der Waals surface area contributed by atoms with Crippen molar-refractivity contribution in [3.05, 3.63) is 38.3 Å². The van der Waals surface area contributed by atoms with E-state index in [0.29, 0.717) is 23.0 Å². The molecular weight excluding hydrogens is 328 g/mol. The number of aliphatic carboxylic acids is 1. The minimum atomic E-state index is -0.961. The van der Waals surface area contributed by atoms with Gasteiger partial charge in [0, 0.05) is 22.6 Å². The maximum atomic E-state index is 11.6. The molecule has 1 saturated heterocycles. The van der Waals surface area contributed by atoms with Crippen molar-refractivity contribution in [1.29, 1.82) is 0 Å². The monoisotopic (exact) mass is 342 g/mol. The predicted molar refractivity (Wildman–Crippen MR) is 76.7 cm³/mol. The number of carboxylic acid groups (broad SMARTS) is 1. The van der Waals surface area contributed by atoms with Gasteiger partial charge in [-0.2, -0.15) is 0 Å². The molecular formula is C13H15BrN2O4. The van der Waals surface area contributed by atoms with Gasteiger partial charge in [0.2, 0.25) is 0 Å². The number of carbonyl (C=O) groups is 1. The lowest BCUT2D eigenvalue weighted by molar-refractivity contribution is -0.385. The van der Waals surface area contributed by atoms with Crippen LogP contribution in [0.3, 0.4) is 0 Å². The van der Waals surface area contributed by atoms with Crippen LogP contribution in [0.25, 0.3) is 0 Å². The number of nitro benzene ring substituents is 1. The molecule has 1 unspecified atom stereocenters. The van der Waals surface area contributed by atoms with E-state index < -0.39 is 16.3 Å². The Hall–Kier alpha value is -1.47. The molecule has 7 heteroatoms. The molecule has 1 heterocycles. The van der Waals surface area contributed by atoms with Gasteiger partial charge in [-0.1, -0.05) is 22.0 Å². The van der Waals surface area contributed by atoms with Gasteiger partial charge in [-0.05, 0) is 31.9 Å². The third-order valence-corrected chi connectivity index (χ3v) is 4.19. The van der Waals surface area contributed by atoms with Crippen LogP contribution in [-0.2, 0) is 11.2 Å². The molecule has 0 amide bonds. The van der Waals surface area contributed by atoms with Crippen LogP contribution >= 0.6 is 15.9 Å². The van der Waals surface area contributed by atoms with Crippen LogP contribution in [-0.4, -0.2) is 29.1 Å². The Morgan fingerprint density at radius 3 is 2.85 bits per heavy atom. The lowest BCUT2D eigenvalue weighted by Gasteiger charge is -2.33. The van der Waals surface area contributed by atoms with Gasteiger partial charge in [-0.3, -0.25) is 14.9 Å². The maximum Gasteiger partial charge on any atom is 0.311 e. The van der Waals surface area contributed by atoms with Crippen molar-refractivity contribution in [1.82, 2.24) is 5.32 Å². The fourth-order valence-corrected chi connectivity index (χ4v) is 2.95. The molecule has 1 fully saturated rings. The Morgan fingerprint density at radius 1 is 1.55 bits per heavy atom. The number of benzene rings is 1. The number of nitrogens with zero attached hydrogens (tertiary/aromatic N) is 1. The zero-order valence-electron chi connectivity index (χ0n) is 10.8. The molecule has 0 spiro atoms. The van der Waals surface area contributed by atoms with Crippen LogP contribution in [0.4, 0.5) is 5.69 Å². The molecule has 0 bridgehead atoms. The van der Waals surface area contributed by atoms with E-state index >= 15 is 0 Å². The number of hydrogen-bond acceptors (Lipinski definition) is 4. The second-order valence-corrected chi connectivity index (χ2v) is 5.99. The third-order valence-electron chi connectivity index (χ3n) is 3.70. The molecule has 0 aliphatic carbocycles. The molecule has 1 aliphatic heterocycles. The van der Waals surface area contributed by atoms with Crippen LogP contribution < -0.4 is 5.32 Å². The van der Waals surface area contributed by atoms with Crippen molar-refractivity contribution in [2.45, 2.75) is 19.3 Å². The highest BCUT2D eigenvalue weighted by Gasteiger charge is 2.41. The Kier molecular flexibility index (Phi) is 4.39. The molecule has 108 valence electrons. The van der Waals surface area contributed by atoms with Crippen molar-refractivity contribution in [3.8, 4) is 0 Å². The number of nitrogens with one attached hydrogen (secondary N) is 1. The molecule has 20 heavy (non-hydrogen) atoms. The van der Waals surface area contributed by atoms with Crippen molar-refractivity contribution in [3.63, 3.8) is 0 Å². The number of rotatable bonds is 4.